The summed E-state index contributed by atoms with van der Waals surface area (Å²) in [6.45, 7) is 0. The molecule has 0 aliphatic heterocycles. The van der Waals surface area contributed by atoms with Gasteiger partial charge in [0.05, 0.1) is 0 Å². The van der Waals surface area contributed by atoms with Crippen LogP contribution in [-0.2, 0) is 0 Å². The number of rotatable bonds is 4. The molecular formula is C100H52O6S2. The zero-order valence-electron chi connectivity index (χ0n) is 57.3. The van der Waals surface area contributed by atoms with Crippen LogP contribution in [0.5, 0.6) is 0 Å². The SMILES string of the molecule is c1ccc2c(c1)oc1ccc3oc4cc(-c5c6ccccc6c(-c6ccc7c(c6)oc6ccc8sc9ccccc9c8c67)c6ccccc56)ccc4c3c12.c1ccc2c(c1)oc1ccc3oc4ccc(-c5c6ccccc6c(-c6ccc7c(c6)oc6ccc8sc9ccccc9c8c67)c6ccccc56)cc4c3c12. The first-order chi connectivity index (χ1) is 53.5. The molecule has 26 rings (SSSR count). The predicted molar refractivity (Wildman–Crippen MR) is 454 cm³/mol. The number of hydrogen-bond donors (Lipinski definition) is 0. The molecule has 8 heteroatoms. The standard InChI is InChI=1S/2C50H26O3S/c1-3-11-31-29(9-1)45(27-18-20-38-36(25-27)49-40(52-38)22-21-39-47(49)33-13-5-7-15-37(33)51-39)30-10-2-4-12-32(30)46(31)28-17-19-34-42(26-28)53-41-23-24-44-50(48(34)41)35-14-6-8-16-43(35)54-44;1-3-11-31-29(9-1)45(27-17-19-34-41(25-27)52-39-22-21-38-47(48(34)39)33-13-5-7-15-37(33)51-38)30-10-2-4-12-32(30)46(31)28-18-20-35-42(26-28)53-40-23-24-44-50(49(35)40)36-14-6-8-16-43(36)54-44/h2*1-26H. The quantitative estimate of drug-likeness (QED) is 0.163. The highest BCUT2D eigenvalue weighted by molar-refractivity contribution is 7.26. The fourth-order valence-corrected chi connectivity index (χ4v) is 20.7. The van der Waals surface area contributed by atoms with Crippen molar-refractivity contribution in [2.75, 3.05) is 0 Å². The maximum Gasteiger partial charge on any atom is 0.136 e. The molecule has 0 fully saturated rings. The van der Waals surface area contributed by atoms with Gasteiger partial charge in [0.1, 0.15) is 67.0 Å². The van der Waals surface area contributed by atoms with Crippen molar-refractivity contribution in [3.05, 3.63) is 315 Å². The van der Waals surface area contributed by atoms with E-state index in [0.717, 1.165) is 143 Å². The van der Waals surface area contributed by atoms with Gasteiger partial charge in [-0.15, -0.1) is 22.7 Å². The molecule has 0 saturated heterocycles. The van der Waals surface area contributed by atoms with Crippen LogP contribution in [0, 0.1) is 0 Å². The topological polar surface area (TPSA) is 78.8 Å². The minimum atomic E-state index is 0.861. The van der Waals surface area contributed by atoms with E-state index in [1.807, 2.05) is 71.2 Å². The Morgan fingerprint density at radius 1 is 0.139 bits per heavy atom. The molecule has 0 radical (unpaired) electrons. The highest BCUT2D eigenvalue weighted by Gasteiger charge is 2.26. The summed E-state index contributed by atoms with van der Waals surface area (Å²) in [5, 5.41) is 28.2. The van der Waals surface area contributed by atoms with Crippen LogP contribution >= 0.6 is 22.7 Å². The molecule has 26 aromatic rings. The summed E-state index contributed by atoms with van der Waals surface area (Å²) in [5.41, 5.74) is 20.0. The van der Waals surface area contributed by atoms with Gasteiger partial charge in [0, 0.05) is 105 Å². The number of furan rings is 6. The molecule has 0 N–H and O–H groups in total. The number of para-hydroxylation sites is 2. The molecule has 500 valence electrons. The van der Waals surface area contributed by atoms with Crippen molar-refractivity contribution in [1.82, 2.24) is 0 Å². The largest absolute Gasteiger partial charge is 0.456 e. The molecule has 18 aromatic carbocycles. The zero-order valence-corrected chi connectivity index (χ0v) is 58.9. The average Bonchev–Trinajstić information content (AvgIpc) is 1.21. The Hall–Kier alpha value is -13.8. The van der Waals surface area contributed by atoms with Crippen LogP contribution in [0.4, 0.5) is 0 Å². The number of fused-ring (bicyclic) bond motifs is 32. The van der Waals surface area contributed by atoms with E-state index in [-0.39, 0.29) is 0 Å². The first kappa shape index (κ1) is 58.6. The van der Waals surface area contributed by atoms with Crippen LogP contribution in [0.2, 0.25) is 0 Å². The van der Waals surface area contributed by atoms with Crippen molar-refractivity contribution in [2.45, 2.75) is 0 Å². The van der Waals surface area contributed by atoms with E-state index in [1.165, 1.54) is 116 Å². The van der Waals surface area contributed by atoms with Crippen LogP contribution in [0.25, 0.3) is 260 Å². The Kier molecular flexibility index (Phi) is 11.9. The van der Waals surface area contributed by atoms with E-state index in [0.29, 0.717) is 0 Å². The van der Waals surface area contributed by atoms with Gasteiger partial charge in [0.2, 0.25) is 0 Å². The van der Waals surface area contributed by atoms with Crippen LogP contribution < -0.4 is 0 Å². The normalized spacial score (nSPS) is 12.4. The van der Waals surface area contributed by atoms with Gasteiger partial charge in [-0.3, -0.25) is 0 Å². The smallest absolute Gasteiger partial charge is 0.136 e. The molecule has 0 amide bonds. The Morgan fingerprint density at radius 3 is 0.722 bits per heavy atom. The summed E-state index contributed by atoms with van der Waals surface area (Å²) in [5.74, 6) is 0. The van der Waals surface area contributed by atoms with E-state index < -0.39 is 0 Å². The summed E-state index contributed by atoms with van der Waals surface area (Å²) < 4.78 is 44.1. The molecule has 0 aliphatic carbocycles. The van der Waals surface area contributed by atoms with E-state index in [2.05, 4.69) is 267 Å². The second-order valence-corrected chi connectivity index (χ2v) is 30.7. The lowest BCUT2D eigenvalue weighted by Gasteiger charge is -2.17. The molecule has 0 saturated carbocycles. The van der Waals surface area contributed by atoms with Gasteiger partial charge in [-0.25, -0.2) is 0 Å². The van der Waals surface area contributed by atoms with E-state index in [1.54, 1.807) is 0 Å². The molecule has 0 bridgehead atoms. The van der Waals surface area contributed by atoms with E-state index in [4.69, 9.17) is 26.5 Å². The number of thiophene rings is 2. The van der Waals surface area contributed by atoms with Gasteiger partial charge in [-0.05, 0) is 209 Å². The van der Waals surface area contributed by atoms with E-state index >= 15 is 0 Å². The van der Waals surface area contributed by atoms with Crippen LogP contribution in [0.15, 0.2) is 342 Å². The molecule has 108 heavy (non-hydrogen) atoms. The third-order valence-electron chi connectivity index (χ3n) is 22.9. The van der Waals surface area contributed by atoms with Crippen LogP contribution in [0.1, 0.15) is 0 Å². The second kappa shape index (κ2) is 21.9. The molecule has 8 heterocycles. The zero-order chi connectivity index (χ0) is 70.1. The van der Waals surface area contributed by atoms with Crippen LogP contribution in [-0.4, -0.2) is 0 Å². The van der Waals surface area contributed by atoms with Gasteiger partial charge in [-0.1, -0.05) is 194 Å². The van der Waals surface area contributed by atoms with Crippen molar-refractivity contribution in [3.8, 4) is 44.5 Å². The second-order valence-electron chi connectivity index (χ2n) is 28.6. The Balaban J connectivity index is 0.000000124. The van der Waals surface area contributed by atoms with Crippen molar-refractivity contribution in [1.29, 1.82) is 0 Å². The summed E-state index contributed by atoms with van der Waals surface area (Å²) >= 11 is 3.68. The molecule has 6 nitrogen and oxygen atoms in total. The Labute approximate surface area is 619 Å². The van der Waals surface area contributed by atoms with Gasteiger partial charge in [-0.2, -0.15) is 0 Å². The number of benzene rings is 18. The third-order valence-corrected chi connectivity index (χ3v) is 25.2. The van der Waals surface area contributed by atoms with Crippen LogP contribution in [0.3, 0.4) is 0 Å². The van der Waals surface area contributed by atoms with Gasteiger partial charge < -0.3 is 26.5 Å². The number of hydrogen-bond acceptors (Lipinski definition) is 8. The molecular weight excluding hydrogens is 1360 g/mol. The minimum Gasteiger partial charge on any atom is -0.456 e. The highest BCUT2D eigenvalue weighted by Crippen LogP contribution is 2.52. The van der Waals surface area contributed by atoms with Crippen molar-refractivity contribution >= 4 is 238 Å². The van der Waals surface area contributed by atoms with Crippen molar-refractivity contribution in [3.63, 3.8) is 0 Å². The maximum absolute atomic E-state index is 6.67. The minimum absolute atomic E-state index is 0.861. The summed E-state index contributed by atoms with van der Waals surface area (Å²) in [6, 6.07) is 113. The summed E-state index contributed by atoms with van der Waals surface area (Å²) in [4.78, 5) is 0. The maximum atomic E-state index is 6.67. The average molecular weight is 1410 g/mol. The monoisotopic (exact) mass is 1410 g/mol. The van der Waals surface area contributed by atoms with Gasteiger partial charge in [0.25, 0.3) is 0 Å². The summed E-state index contributed by atoms with van der Waals surface area (Å²) in [6.07, 6.45) is 0. The lowest BCUT2D eigenvalue weighted by atomic mass is 9.85. The predicted octanol–water partition coefficient (Wildman–Crippen LogP) is 30.8. The fourth-order valence-electron chi connectivity index (χ4n) is 18.5. The molecule has 0 spiro atoms. The van der Waals surface area contributed by atoms with E-state index in [9.17, 15) is 0 Å². The third kappa shape index (κ3) is 8.19. The highest BCUT2D eigenvalue weighted by atomic mass is 32.1. The fraction of sp³-hybridized carbons (Fsp3) is 0. The molecule has 0 aliphatic rings. The Bertz CT molecular complexity index is 8100. The molecule has 8 aromatic heterocycles. The van der Waals surface area contributed by atoms with Gasteiger partial charge in [0.15, 0.2) is 0 Å². The lowest BCUT2D eigenvalue weighted by Crippen LogP contribution is -1.90. The van der Waals surface area contributed by atoms with Crippen molar-refractivity contribution < 1.29 is 26.5 Å². The van der Waals surface area contributed by atoms with Gasteiger partial charge >= 0.3 is 0 Å². The molecule has 0 unspecified atom stereocenters. The Morgan fingerprint density at radius 2 is 0.370 bits per heavy atom. The summed E-state index contributed by atoms with van der Waals surface area (Å²) in [7, 11) is 0. The first-order valence-corrected chi connectivity index (χ1v) is 38.1. The lowest BCUT2D eigenvalue weighted by molar-refractivity contribution is 0.663. The first-order valence-electron chi connectivity index (χ1n) is 36.5. The van der Waals surface area contributed by atoms with Crippen molar-refractivity contribution in [2.24, 2.45) is 0 Å². The molecule has 0 atom stereocenters.